The molecule has 0 aromatic carbocycles. The molecular formula is C14H21N4Y-. The minimum absolute atomic E-state index is 0. The molecule has 1 radical (unpaired) electrons. The molecule has 5 heteroatoms. The van der Waals surface area contributed by atoms with Gasteiger partial charge >= 0.3 is 0 Å². The van der Waals surface area contributed by atoms with Crippen LogP contribution < -0.4 is 4.90 Å². The van der Waals surface area contributed by atoms with Crippen LogP contribution in [0.1, 0.15) is 19.8 Å². The number of nitrogens with zero attached hydrogens (tertiary/aromatic N) is 4. The second-order valence-electron chi connectivity index (χ2n) is 5.97. The molecule has 2 saturated heterocycles. The molecule has 4 nitrogen and oxygen atoms in total. The minimum atomic E-state index is 0. The Morgan fingerprint density at radius 3 is 2.79 bits per heavy atom. The quantitative estimate of drug-likeness (QED) is 0.731. The molecule has 0 aliphatic carbocycles. The van der Waals surface area contributed by atoms with E-state index in [4.69, 9.17) is 0 Å². The summed E-state index contributed by atoms with van der Waals surface area (Å²) in [4.78, 5) is 13.6. The van der Waals surface area contributed by atoms with Gasteiger partial charge in [0.15, 0.2) is 0 Å². The van der Waals surface area contributed by atoms with Crippen molar-refractivity contribution in [2.75, 3.05) is 31.1 Å². The molecule has 2 fully saturated rings. The van der Waals surface area contributed by atoms with E-state index < -0.39 is 0 Å². The topological polar surface area (TPSA) is 32.3 Å². The zero-order valence-electron chi connectivity index (χ0n) is 11.6. The average Bonchev–Trinajstić information content (AvgIpc) is 2.38. The minimum Gasteiger partial charge on any atom is -0.338 e. The molecule has 3 rings (SSSR count). The molecule has 0 bridgehead atoms. The third-order valence-electron chi connectivity index (χ3n) is 4.11. The fourth-order valence-electron chi connectivity index (χ4n) is 3.10. The summed E-state index contributed by atoms with van der Waals surface area (Å²) < 4.78 is 0. The van der Waals surface area contributed by atoms with E-state index in [9.17, 15) is 0 Å². The molecular weight excluding hydrogens is 313 g/mol. The number of fused-ring (bicyclic) bond motifs is 1. The van der Waals surface area contributed by atoms with Gasteiger partial charge in [0, 0.05) is 70.8 Å². The predicted octanol–water partition coefficient (Wildman–Crippen LogP) is 1.60. The molecule has 3 heterocycles. The summed E-state index contributed by atoms with van der Waals surface area (Å²) in [6.07, 6.45) is 6.10. The van der Waals surface area contributed by atoms with E-state index in [1.807, 2.05) is 18.5 Å². The van der Waals surface area contributed by atoms with Crippen molar-refractivity contribution in [1.82, 2.24) is 14.9 Å². The maximum atomic E-state index is 4.35. The summed E-state index contributed by atoms with van der Waals surface area (Å²) in [5.41, 5.74) is 0.238. The maximum Gasteiger partial charge on any atom is 0.225 e. The third-order valence-corrected chi connectivity index (χ3v) is 4.11. The maximum absolute atomic E-state index is 4.35. The largest absolute Gasteiger partial charge is 0.338 e. The molecule has 0 saturated carbocycles. The van der Waals surface area contributed by atoms with E-state index in [-0.39, 0.29) is 38.1 Å². The van der Waals surface area contributed by atoms with E-state index in [1.165, 1.54) is 12.8 Å². The van der Waals surface area contributed by atoms with E-state index in [0.29, 0.717) is 6.04 Å². The summed E-state index contributed by atoms with van der Waals surface area (Å²) in [5, 5.41) is 0. The molecule has 0 unspecified atom stereocenters. The fraction of sp³-hybridized carbons (Fsp3) is 0.643. The van der Waals surface area contributed by atoms with Crippen LogP contribution in [0.5, 0.6) is 0 Å². The van der Waals surface area contributed by atoms with Crippen molar-refractivity contribution >= 4 is 5.95 Å². The van der Waals surface area contributed by atoms with Crippen LogP contribution in [0.2, 0.25) is 0 Å². The van der Waals surface area contributed by atoms with Crippen LogP contribution in [0.4, 0.5) is 5.95 Å². The summed E-state index contributed by atoms with van der Waals surface area (Å²) in [5.74, 6) is 0.875. The Labute approximate surface area is 140 Å². The molecule has 1 aromatic heterocycles. The van der Waals surface area contributed by atoms with Crippen LogP contribution in [0.3, 0.4) is 0 Å². The molecule has 2 atom stereocenters. The monoisotopic (exact) mass is 334 g/mol. The number of piperazine rings is 1. The molecule has 1 aromatic rings. The van der Waals surface area contributed by atoms with Crippen molar-refractivity contribution in [3.8, 4) is 0 Å². The van der Waals surface area contributed by atoms with Gasteiger partial charge in [-0.05, 0) is 19.0 Å². The Morgan fingerprint density at radius 2 is 2.05 bits per heavy atom. The number of anilines is 1. The van der Waals surface area contributed by atoms with Gasteiger partial charge in [-0.15, -0.1) is 5.41 Å². The first-order chi connectivity index (χ1) is 8.64. The van der Waals surface area contributed by atoms with Crippen molar-refractivity contribution in [2.24, 2.45) is 5.41 Å². The molecule has 0 amide bonds. The van der Waals surface area contributed by atoms with E-state index >= 15 is 0 Å². The van der Waals surface area contributed by atoms with E-state index in [2.05, 4.69) is 33.6 Å². The Balaban J connectivity index is 0.00000133. The summed E-state index contributed by atoms with van der Waals surface area (Å²) >= 11 is 0. The van der Waals surface area contributed by atoms with Gasteiger partial charge < -0.3 is 11.8 Å². The second kappa shape index (κ2) is 6.15. The molecule has 2 aliphatic heterocycles. The van der Waals surface area contributed by atoms with E-state index in [0.717, 1.165) is 32.1 Å². The smallest absolute Gasteiger partial charge is 0.225 e. The van der Waals surface area contributed by atoms with Crippen LogP contribution in [-0.4, -0.2) is 47.1 Å². The van der Waals surface area contributed by atoms with E-state index in [1.54, 1.807) is 0 Å². The fourth-order valence-corrected chi connectivity index (χ4v) is 3.10. The van der Waals surface area contributed by atoms with Gasteiger partial charge in [-0.3, -0.25) is 4.90 Å². The Hall–Kier alpha value is -0.0561. The first-order valence-electron chi connectivity index (χ1n) is 6.75. The average molecular weight is 334 g/mol. The van der Waals surface area contributed by atoms with Gasteiger partial charge in [0.25, 0.3) is 0 Å². The zero-order valence-corrected chi connectivity index (χ0v) is 14.5. The van der Waals surface area contributed by atoms with Crippen molar-refractivity contribution in [3.63, 3.8) is 0 Å². The molecule has 101 valence electrons. The summed E-state index contributed by atoms with van der Waals surface area (Å²) in [6, 6.07) is 2.52. The zero-order chi connectivity index (χ0) is 12.6. The van der Waals surface area contributed by atoms with Crippen LogP contribution in [-0.2, 0) is 32.7 Å². The van der Waals surface area contributed by atoms with Gasteiger partial charge in [0.1, 0.15) is 0 Å². The first-order valence-corrected chi connectivity index (χ1v) is 6.75. The summed E-state index contributed by atoms with van der Waals surface area (Å²) in [7, 11) is 0. The number of hydrogen-bond donors (Lipinski definition) is 0. The number of aromatic nitrogens is 2. The first kappa shape index (κ1) is 15.3. The van der Waals surface area contributed by atoms with Gasteiger partial charge in [0.2, 0.25) is 5.95 Å². The number of hydrogen-bond acceptors (Lipinski definition) is 4. The van der Waals surface area contributed by atoms with Crippen molar-refractivity contribution in [2.45, 2.75) is 25.8 Å². The van der Waals surface area contributed by atoms with Gasteiger partial charge in [0.05, 0.1) is 0 Å². The molecule has 0 N–H and O–H groups in total. The van der Waals surface area contributed by atoms with Gasteiger partial charge in [-0.25, -0.2) is 9.97 Å². The normalized spacial score (nSPS) is 31.5. The third kappa shape index (κ3) is 3.53. The van der Waals surface area contributed by atoms with Gasteiger partial charge in [-0.2, -0.15) is 0 Å². The number of piperidine rings is 1. The second-order valence-corrected chi connectivity index (χ2v) is 5.97. The summed E-state index contributed by atoms with van der Waals surface area (Å²) in [6.45, 7) is 10.9. The van der Waals surface area contributed by atoms with Crippen LogP contribution in [0, 0.1) is 12.3 Å². The SMILES string of the molecule is [CH2-][C@@]1(C)CC[C@H]2CN(c3ncccn3)CCN2C1.[Y]. The molecule has 0 spiro atoms. The van der Waals surface area contributed by atoms with Crippen LogP contribution in [0.25, 0.3) is 0 Å². The molecule has 19 heavy (non-hydrogen) atoms. The van der Waals surface area contributed by atoms with Crippen molar-refractivity contribution in [1.29, 1.82) is 0 Å². The number of rotatable bonds is 1. The Kier molecular flexibility index (Phi) is 4.96. The van der Waals surface area contributed by atoms with Crippen LogP contribution in [0.15, 0.2) is 18.5 Å². The predicted molar refractivity (Wildman–Crippen MR) is 72.3 cm³/mol. The van der Waals surface area contributed by atoms with Crippen molar-refractivity contribution < 1.29 is 32.7 Å². The Bertz CT molecular complexity index is 409. The van der Waals surface area contributed by atoms with Crippen molar-refractivity contribution in [3.05, 3.63) is 25.4 Å². The standard InChI is InChI=1S/C14H21N4.Y/c1-14(2)5-4-12-10-17(8-9-18(12)11-14)13-15-6-3-7-16-13;/h3,6-7,12H,1,4-5,8-11H2,2H3;/q-1;/t12-,14+;/m0./s1. The Morgan fingerprint density at radius 1 is 1.32 bits per heavy atom. The van der Waals surface area contributed by atoms with Crippen LogP contribution >= 0.6 is 0 Å². The molecule has 2 aliphatic rings. The van der Waals surface area contributed by atoms with Gasteiger partial charge in [-0.1, -0.05) is 13.3 Å².